The molecule has 0 aromatic heterocycles. The van der Waals surface area contributed by atoms with E-state index in [4.69, 9.17) is 4.55 Å². The minimum atomic E-state index is 0.106. The Hall–Kier alpha value is 0.270. The molecule has 0 aliphatic heterocycles. The van der Waals surface area contributed by atoms with Crippen molar-refractivity contribution in [2.75, 3.05) is 7.11 Å². The van der Waals surface area contributed by atoms with Crippen LogP contribution in [0.15, 0.2) is 0 Å². The fourth-order valence-electron chi connectivity index (χ4n) is 0. The van der Waals surface area contributed by atoms with Crippen LogP contribution < -0.4 is 0 Å². The monoisotopic (exact) mass is 79.0 g/mol. The Morgan fingerprint density at radius 1 is 2.00 bits per heavy atom. The third kappa shape index (κ3) is 2.27. The molecule has 4 heavy (non-hydrogen) atoms. The third-order valence-electron chi connectivity index (χ3n) is 0.0680. The van der Waals surface area contributed by atoms with Crippen LogP contribution in [0.2, 0.25) is 0 Å². The van der Waals surface area contributed by atoms with Crippen molar-refractivity contribution in [3.05, 3.63) is 0 Å². The normalized spacial score (nSPS) is 7.50. The van der Waals surface area contributed by atoms with E-state index in [-0.39, 0.29) is 12.3 Å². The molecule has 0 saturated carbocycles. The van der Waals surface area contributed by atoms with Crippen molar-refractivity contribution < 1.29 is 8.74 Å². The maximum Gasteiger partial charge on any atom is 0.195 e. The first-order chi connectivity index (χ1) is 1.91. The molecular formula is CH3O2S. The van der Waals surface area contributed by atoms with E-state index in [0.717, 1.165) is 0 Å². The van der Waals surface area contributed by atoms with E-state index < -0.39 is 0 Å². The van der Waals surface area contributed by atoms with Gasteiger partial charge in [0.25, 0.3) is 0 Å². The van der Waals surface area contributed by atoms with E-state index >= 15 is 0 Å². The lowest BCUT2D eigenvalue weighted by atomic mass is 11.8. The molecule has 0 aliphatic rings. The average molecular weight is 79.1 g/mol. The van der Waals surface area contributed by atoms with Crippen molar-refractivity contribution in [3.8, 4) is 0 Å². The lowest BCUT2D eigenvalue weighted by Crippen LogP contribution is -1.52. The van der Waals surface area contributed by atoms with Crippen molar-refractivity contribution in [1.29, 1.82) is 0 Å². The summed E-state index contributed by atoms with van der Waals surface area (Å²) in [6.07, 6.45) is 0. The van der Waals surface area contributed by atoms with Gasteiger partial charge in [0.15, 0.2) is 12.3 Å². The van der Waals surface area contributed by atoms with E-state index in [1.165, 1.54) is 7.11 Å². The lowest BCUT2D eigenvalue weighted by Gasteiger charge is -1.68. The zero-order valence-electron chi connectivity index (χ0n) is 2.22. The summed E-state index contributed by atoms with van der Waals surface area (Å²) in [6, 6.07) is 0. The molecule has 25 valence electrons. The number of hydrogen-bond donors (Lipinski definition) is 0. The van der Waals surface area contributed by atoms with E-state index in [2.05, 4.69) is 4.18 Å². The van der Waals surface area contributed by atoms with Crippen molar-refractivity contribution in [2.45, 2.75) is 0 Å². The third-order valence-corrected chi connectivity index (χ3v) is 0.204. The lowest BCUT2D eigenvalue weighted by molar-refractivity contribution is 0.396. The highest BCUT2D eigenvalue weighted by Gasteiger charge is 1.59. The highest BCUT2D eigenvalue weighted by molar-refractivity contribution is 7.88. The molecule has 0 amide bonds. The second-order valence-electron chi connectivity index (χ2n) is 0.235. The van der Waals surface area contributed by atoms with Crippen molar-refractivity contribution in [2.24, 2.45) is 0 Å². The highest BCUT2D eigenvalue weighted by atomic mass is 32.2. The molecule has 0 aromatic carbocycles. The van der Waals surface area contributed by atoms with Gasteiger partial charge >= 0.3 is 0 Å². The van der Waals surface area contributed by atoms with Crippen LogP contribution in [0, 0.1) is 0 Å². The maximum atomic E-state index is 8.99. The zero-order chi connectivity index (χ0) is 3.41. The first-order valence-corrected chi connectivity index (χ1v) is 1.41. The average Bonchev–Trinajstić information content (AvgIpc) is 1.37. The van der Waals surface area contributed by atoms with Gasteiger partial charge in [0.2, 0.25) is 0 Å². The summed E-state index contributed by atoms with van der Waals surface area (Å²) in [7, 11) is 1.33. The first-order valence-electron chi connectivity index (χ1n) is 0.742. The molecule has 0 aromatic rings. The molecule has 0 N–H and O–H groups in total. The fraction of sp³-hybridized carbons (Fsp3) is 1.00. The molecule has 0 bridgehead atoms. The minimum absolute atomic E-state index is 0.106. The predicted octanol–water partition coefficient (Wildman–Crippen LogP) is 0.627. The Balaban J connectivity index is 1.97. The summed E-state index contributed by atoms with van der Waals surface area (Å²) >= 11 is 0.106. The summed E-state index contributed by atoms with van der Waals surface area (Å²) in [6.45, 7) is 0. The molecule has 0 saturated heterocycles. The smallest absolute Gasteiger partial charge is 0.195 e. The van der Waals surface area contributed by atoms with E-state index in [9.17, 15) is 0 Å². The van der Waals surface area contributed by atoms with E-state index in [1.54, 1.807) is 0 Å². The van der Waals surface area contributed by atoms with E-state index in [0.29, 0.717) is 0 Å². The van der Waals surface area contributed by atoms with Crippen LogP contribution in [0.3, 0.4) is 0 Å². The first kappa shape index (κ1) is 4.27. The van der Waals surface area contributed by atoms with Gasteiger partial charge in [-0.3, -0.25) is 4.18 Å². The van der Waals surface area contributed by atoms with Gasteiger partial charge in [-0.1, -0.05) is 0 Å². The van der Waals surface area contributed by atoms with Gasteiger partial charge in [-0.25, -0.2) is 0 Å². The number of rotatable bonds is 1. The van der Waals surface area contributed by atoms with Crippen molar-refractivity contribution in [3.63, 3.8) is 0 Å². The SMILES string of the molecule is COS[O]. The summed E-state index contributed by atoms with van der Waals surface area (Å²) in [4.78, 5) is 0. The molecule has 0 unspecified atom stereocenters. The Labute approximate surface area is 29.2 Å². The molecule has 2 nitrogen and oxygen atoms in total. The maximum absolute atomic E-state index is 8.99. The van der Waals surface area contributed by atoms with Gasteiger partial charge in [0.1, 0.15) is 0 Å². The van der Waals surface area contributed by atoms with Crippen LogP contribution in [-0.4, -0.2) is 7.11 Å². The van der Waals surface area contributed by atoms with Crippen LogP contribution in [0.5, 0.6) is 0 Å². The van der Waals surface area contributed by atoms with Gasteiger partial charge in [-0.2, -0.15) is 0 Å². The van der Waals surface area contributed by atoms with Gasteiger partial charge in [0.05, 0.1) is 7.11 Å². The van der Waals surface area contributed by atoms with Crippen LogP contribution in [0.25, 0.3) is 0 Å². The van der Waals surface area contributed by atoms with Gasteiger partial charge < -0.3 is 0 Å². The second-order valence-corrected chi connectivity index (χ2v) is 0.704. The van der Waals surface area contributed by atoms with Crippen LogP contribution in [-0.2, 0) is 8.74 Å². The Morgan fingerprint density at radius 2 is 2.25 bits per heavy atom. The molecule has 0 heterocycles. The van der Waals surface area contributed by atoms with Crippen LogP contribution >= 0.6 is 12.3 Å². The highest BCUT2D eigenvalue weighted by Crippen LogP contribution is 1.85. The second kappa shape index (κ2) is 3.27. The molecule has 0 spiro atoms. The predicted molar refractivity (Wildman–Crippen MR) is 15.3 cm³/mol. The van der Waals surface area contributed by atoms with E-state index in [1.807, 2.05) is 0 Å². The summed E-state index contributed by atoms with van der Waals surface area (Å²) < 4.78 is 12.9. The topological polar surface area (TPSA) is 29.1 Å². The zero-order valence-corrected chi connectivity index (χ0v) is 3.04. The molecule has 3 heteroatoms. The largest absolute Gasteiger partial charge is 0.293 e. The quantitative estimate of drug-likeness (QED) is 0.431. The summed E-state index contributed by atoms with van der Waals surface area (Å²) in [5.41, 5.74) is 0. The Kier molecular flexibility index (Phi) is 3.49. The molecule has 1 radical (unpaired) electrons. The fourth-order valence-corrected chi connectivity index (χ4v) is 0. The minimum Gasteiger partial charge on any atom is -0.293 e. The molecule has 0 aliphatic carbocycles. The number of hydrogen-bond acceptors (Lipinski definition) is 2. The van der Waals surface area contributed by atoms with Gasteiger partial charge in [0, 0.05) is 0 Å². The Morgan fingerprint density at radius 3 is 2.25 bits per heavy atom. The molecule has 0 atom stereocenters. The van der Waals surface area contributed by atoms with Gasteiger partial charge in [-0.05, 0) is 0 Å². The molecular weight excluding hydrogens is 76.1 g/mol. The molecule has 0 fully saturated rings. The standard InChI is InChI=1S/CH3O2S/c1-3-4-2/h1H3. The summed E-state index contributed by atoms with van der Waals surface area (Å²) in [5, 5.41) is 0. The van der Waals surface area contributed by atoms with Crippen molar-refractivity contribution in [1.82, 2.24) is 0 Å². The van der Waals surface area contributed by atoms with Crippen LogP contribution in [0.1, 0.15) is 0 Å². The Bertz CT molecular complexity index is 8.00. The molecule has 0 rings (SSSR count). The van der Waals surface area contributed by atoms with Crippen LogP contribution in [0.4, 0.5) is 0 Å². The summed E-state index contributed by atoms with van der Waals surface area (Å²) in [5.74, 6) is 0. The van der Waals surface area contributed by atoms with Gasteiger partial charge in [-0.15, -0.1) is 4.55 Å². The van der Waals surface area contributed by atoms with Crippen molar-refractivity contribution >= 4 is 12.3 Å².